The molecule has 0 saturated carbocycles. The van der Waals surface area contributed by atoms with Gasteiger partial charge in [0.2, 0.25) is 5.82 Å². The monoisotopic (exact) mass is 131 g/mol. The standard InChI is InChI=1S/C7H5N3/c8-7-5-3-1-2-4-6(5)9-10-7/h1-4H,(H,9,10). The molecule has 48 valence electrons. The first-order chi connectivity index (χ1) is 4.88. The minimum Gasteiger partial charge on any atom is -0.276 e. The van der Waals surface area contributed by atoms with Gasteiger partial charge in [-0.25, -0.2) is 0 Å². The van der Waals surface area contributed by atoms with Gasteiger partial charge in [-0.3, -0.25) is 5.10 Å². The Bertz CT molecular complexity index is 350. The van der Waals surface area contributed by atoms with Gasteiger partial charge in [-0.05, 0) is 12.1 Å². The van der Waals surface area contributed by atoms with Crippen LogP contribution < -0.4 is 5.73 Å². The number of benzene rings is 1. The van der Waals surface area contributed by atoms with Gasteiger partial charge in [0, 0.05) is 5.39 Å². The van der Waals surface area contributed by atoms with Crippen LogP contribution in [-0.2, 0) is 0 Å². The minimum absolute atomic E-state index is 0.0654. The van der Waals surface area contributed by atoms with Gasteiger partial charge in [-0.1, -0.05) is 12.1 Å². The van der Waals surface area contributed by atoms with Crippen molar-refractivity contribution >= 4 is 16.7 Å². The minimum atomic E-state index is 0.0654. The van der Waals surface area contributed by atoms with Crippen LogP contribution in [-0.4, -0.2) is 10.2 Å². The first-order valence-electron chi connectivity index (χ1n) is 3.00. The van der Waals surface area contributed by atoms with Crippen LogP contribution >= 0.6 is 0 Å². The molecule has 1 aromatic carbocycles. The number of H-pyrrole nitrogens is 1. The SMILES string of the molecule is [N]c1n[nH]c2ccccc12. The summed E-state index contributed by atoms with van der Waals surface area (Å²) in [4.78, 5) is 0. The van der Waals surface area contributed by atoms with Crippen LogP contribution in [0.2, 0.25) is 0 Å². The Labute approximate surface area is 57.9 Å². The lowest BCUT2D eigenvalue weighted by Crippen LogP contribution is -1.65. The molecule has 2 radical (unpaired) electrons. The summed E-state index contributed by atoms with van der Waals surface area (Å²) >= 11 is 0. The molecule has 0 aliphatic carbocycles. The summed E-state index contributed by atoms with van der Waals surface area (Å²) in [7, 11) is 0. The van der Waals surface area contributed by atoms with Crippen molar-refractivity contribution in [3.8, 4) is 0 Å². The molecule has 0 aliphatic heterocycles. The van der Waals surface area contributed by atoms with E-state index in [4.69, 9.17) is 5.73 Å². The van der Waals surface area contributed by atoms with E-state index in [0.29, 0.717) is 0 Å². The number of hydrogen-bond donors (Lipinski definition) is 1. The van der Waals surface area contributed by atoms with Gasteiger partial charge in [-0.15, -0.1) is 5.73 Å². The molecule has 0 saturated heterocycles. The largest absolute Gasteiger partial charge is 0.276 e. The number of nitrogens with one attached hydrogen (secondary N) is 1. The molecule has 1 N–H and O–H groups in total. The Morgan fingerprint density at radius 3 is 2.90 bits per heavy atom. The van der Waals surface area contributed by atoms with Crippen LogP contribution in [0.5, 0.6) is 0 Å². The molecule has 0 amide bonds. The van der Waals surface area contributed by atoms with Crippen molar-refractivity contribution in [1.29, 1.82) is 0 Å². The van der Waals surface area contributed by atoms with Crippen molar-refractivity contribution < 1.29 is 0 Å². The van der Waals surface area contributed by atoms with Crippen molar-refractivity contribution in [3.63, 3.8) is 0 Å². The van der Waals surface area contributed by atoms with Crippen molar-refractivity contribution in [2.45, 2.75) is 0 Å². The summed E-state index contributed by atoms with van der Waals surface area (Å²) in [6, 6.07) is 7.42. The van der Waals surface area contributed by atoms with Crippen LogP contribution in [0.1, 0.15) is 0 Å². The van der Waals surface area contributed by atoms with Gasteiger partial charge in [0.1, 0.15) is 0 Å². The first-order valence-corrected chi connectivity index (χ1v) is 3.00. The third-order valence-electron chi connectivity index (χ3n) is 1.45. The number of para-hydroxylation sites is 1. The lowest BCUT2D eigenvalue weighted by atomic mass is 10.2. The van der Waals surface area contributed by atoms with E-state index in [1.54, 1.807) is 0 Å². The van der Waals surface area contributed by atoms with Crippen LogP contribution in [0.4, 0.5) is 5.82 Å². The molecule has 0 unspecified atom stereocenters. The molecule has 0 atom stereocenters. The average Bonchev–Trinajstić information content (AvgIpc) is 2.34. The smallest absolute Gasteiger partial charge is 0.203 e. The number of nitrogens with zero attached hydrogens (tertiary/aromatic N) is 2. The normalized spacial score (nSPS) is 10.4. The first kappa shape index (κ1) is 5.29. The maximum Gasteiger partial charge on any atom is 0.203 e. The molecule has 0 bridgehead atoms. The van der Waals surface area contributed by atoms with Crippen molar-refractivity contribution in [2.75, 3.05) is 0 Å². The van der Waals surface area contributed by atoms with Crippen LogP contribution in [0.3, 0.4) is 0 Å². The van der Waals surface area contributed by atoms with Crippen molar-refractivity contribution in [3.05, 3.63) is 24.3 Å². The van der Waals surface area contributed by atoms with E-state index in [1.807, 2.05) is 24.3 Å². The molecule has 0 aliphatic rings. The molecule has 2 rings (SSSR count). The quantitative estimate of drug-likeness (QED) is 0.575. The molecular formula is C7H5N3. The van der Waals surface area contributed by atoms with Crippen LogP contribution in [0.25, 0.3) is 10.9 Å². The highest BCUT2D eigenvalue weighted by Gasteiger charge is 1.99. The molecule has 0 fully saturated rings. The van der Waals surface area contributed by atoms with Crippen molar-refractivity contribution in [2.24, 2.45) is 0 Å². The Hall–Kier alpha value is -1.51. The van der Waals surface area contributed by atoms with Crippen molar-refractivity contribution in [1.82, 2.24) is 15.9 Å². The highest BCUT2D eigenvalue weighted by Crippen LogP contribution is 2.16. The molecule has 1 aromatic heterocycles. The van der Waals surface area contributed by atoms with E-state index in [2.05, 4.69) is 10.2 Å². The molecule has 10 heavy (non-hydrogen) atoms. The molecule has 3 heteroatoms. The molecule has 0 spiro atoms. The van der Waals surface area contributed by atoms with Gasteiger partial charge in [0.05, 0.1) is 5.52 Å². The molecule has 2 aromatic rings. The molecular weight excluding hydrogens is 126 g/mol. The summed E-state index contributed by atoms with van der Waals surface area (Å²) in [6.07, 6.45) is 0. The number of rotatable bonds is 0. The fraction of sp³-hybridized carbons (Fsp3) is 0. The topological polar surface area (TPSA) is 51.0 Å². The zero-order valence-corrected chi connectivity index (χ0v) is 5.20. The fourth-order valence-corrected chi connectivity index (χ4v) is 0.949. The maximum atomic E-state index is 9.07. The van der Waals surface area contributed by atoms with Gasteiger partial charge in [0.15, 0.2) is 0 Å². The lowest BCUT2D eigenvalue weighted by molar-refractivity contribution is 1.10. The van der Waals surface area contributed by atoms with E-state index in [1.165, 1.54) is 0 Å². The van der Waals surface area contributed by atoms with Gasteiger partial charge in [0.25, 0.3) is 0 Å². The van der Waals surface area contributed by atoms with E-state index in [-0.39, 0.29) is 5.82 Å². The maximum absolute atomic E-state index is 9.07. The highest BCUT2D eigenvalue weighted by molar-refractivity contribution is 5.87. The van der Waals surface area contributed by atoms with Crippen LogP contribution in [0, 0.1) is 0 Å². The zero-order chi connectivity index (χ0) is 6.97. The Morgan fingerprint density at radius 1 is 1.30 bits per heavy atom. The van der Waals surface area contributed by atoms with E-state index in [9.17, 15) is 0 Å². The molecule has 1 heterocycles. The van der Waals surface area contributed by atoms with Gasteiger partial charge < -0.3 is 0 Å². The average molecular weight is 131 g/mol. The van der Waals surface area contributed by atoms with E-state index in [0.717, 1.165) is 10.9 Å². The second-order valence-electron chi connectivity index (χ2n) is 2.09. The van der Waals surface area contributed by atoms with Crippen LogP contribution in [0.15, 0.2) is 24.3 Å². The zero-order valence-electron chi connectivity index (χ0n) is 5.20. The van der Waals surface area contributed by atoms with E-state index >= 15 is 0 Å². The summed E-state index contributed by atoms with van der Waals surface area (Å²) in [5.41, 5.74) is 9.93. The Morgan fingerprint density at radius 2 is 2.10 bits per heavy atom. The Balaban J connectivity index is 2.93. The van der Waals surface area contributed by atoms with Gasteiger partial charge in [-0.2, -0.15) is 5.10 Å². The number of hydrogen-bond acceptors (Lipinski definition) is 1. The van der Waals surface area contributed by atoms with E-state index < -0.39 is 0 Å². The third-order valence-corrected chi connectivity index (χ3v) is 1.45. The number of aromatic nitrogens is 2. The van der Waals surface area contributed by atoms with Gasteiger partial charge >= 0.3 is 0 Å². The number of fused-ring (bicyclic) bond motifs is 1. The molecule has 3 nitrogen and oxygen atoms in total. The summed E-state index contributed by atoms with van der Waals surface area (Å²) in [5.74, 6) is 0.0654. The predicted molar refractivity (Wildman–Crippen MR) is 37.9 cm³/mol. The lowest BCUT2D eigenvalue weighted by Gasteiger charge is -1.82. The second-order valence-corrected chi connectivity index (χ2v) is 2.09. The summed E-state index contributed by atoms with van der Waals surface area (Å²) in [5, 5.41) is 7.08. The fourth-order valence-electron chi connectivity index (χ4n) is 0.949. The summed E-state index contributed by atoms with van der Waals surface area (Å²) < 4.78 is 0. The highest BCUT2D eigenvalue weighted by atomic mass is 15.1. The second kappa shape index (κ2) is 1.73. The number of aromatic amines is 1. The Kier molecular flexibility index (Phi) is 0.917. The predicted octanol–water partition coefficient (Wildman–Crippen LogP) is 1.26. The third kappa shape index (κ3) is 0.572. The summed E-state index contributed by atoms with van der Waals surface area (Å²) in [6.45, 7) is 0.